The first kappa shape index (κ1) is 11.8. The number of benzene rings is 1. The summed E-state index contributed by atoms with van der Waals surface area (Å²) in [5, 5.41) is 0. The molecule has 4 nitrogen and oxygen atoms in total. The molecule has 1 aromatic rings. The highest BCUT2D eigenvalue weighted by molar-refractivity contribution is 5.44. The quantitative estimate of drug-likeness (QED) is 0.822. The summed E-state index contributed by atoms with van der Waals surface area (Å²) in [7, 11) is 0. The topological polar surface area (TPSA) is 36.9 Å². The van der Waals surface area contributed by atoms with Gasteiger partial charge in [0.2, 0.25) is 6.79 Å². The first-order chi connectivity index (χ1) is 8.85. The lowest BCUT2D eigenvalue weighted by atomic mass is 10.1. The van der Waals surface area contributed by atoms with Crippen LogP contribution in [0.15, 0.2) is 18.2 Å². The largest absolute Gasteiger partial charge is 0.454 e. The van der Waals surface area contributed by atoms with Crippen LogP contribution in [0, 0.1) is 0 Å². The summed E-state index contributed by atoms with van der Waals surface area (Å²) in [4.78, 5) is 0. The second-order valence-electron chi connectivity index (χ2n) is 4.70. The van der Waals surface area contributed by atoms with E-state index in [-0.39, 0.29) is 12.4 Å². The van der Waals surface area contributed by atoms with Gasteiger partial charge in [-0.2, -0.15) is 0 Å². The fourth-order valence-electron chi connectivity index (χ4n) is 2.33. The SMILES string of the molecule is CCCC1OCC(Cc2ccc3c(c2)OCO3)O1. The van der Waals surface area contributed by atoms with Gasteiger partial charge in [0, 0.05) is 6.42 Å². The molecule has 1 saturated heterocycles. The van der Waals surface area contributed by atoms with Gasteiger partial charge in [0.05, 0.1) is 12.7 Å². The molecule has 4 heteroatoms. The predicted molar refractivity (Wildman–Crippen MR) is 65.8 cm³/mol. The molecule has 98 valence electrons. The monoisotopic (exact) mass is 250 g/mol. The molecule has 0 amide bonds. The summed E-state index contributed by atoms with van der Waals surface area (Å²) in [5.74, 6) is 1.66. The normalized spacial score (nSPS) is 25.6. The minimum Gasteiger partial charge on any atom is -0.454 e. The van der Waals surface area contributed by atoms with Crippen molar-refractivity contribution in [1.29, 1.82) is 0 Å². The number of ether oxygens (including phenoxy) is 4. The molecule has 0 radical (unpaired) electrons. The summed E-state index contributed by atoms with van der Waals surface area (Å²) < 4.78 is 22.1. The molecule has 0 saturated carbocycles. The summed E-state index contributed by atoms with van der Waals surface area (Å²) in [5.41, 5.74) is 1.20. The van der Waals surface area contributed by atoms with E-state index in [1.54, 1.807) is 0 Å². The molecule has 0 spiro atoms. The molecule has 0 N–H and O–H groups in total. The Balaban J connectivity index is 1.60. The fourth-order valence-corrected chi connectivity index (χ4v) is 2.33. The number of hydrogen-bond acceptors (Lipinski definition) is 4. The smallest absolute Gasteiger partial charge is 0.231 e. The van der Waals surface area contributed by atoms with Crippen molar-refractivity contribution >= 4 is 0 Å². The van der Waals surface area contributed by atoms with Crippen LogP contribution in [0.25, 0.3) is 0 Å². The van der Waals surface area contributed by atoms with Crippen LogP contribution in [-0.2, 0) is 15.9 Å². The number of rotatable bonds is 4. The Hall–Kier alpha value is -1.26. The van der Waals surface area contributed by atoms with Gasteiger partial charge < -0.3 is 18.9 Å². The summed E-state index contributed by atoms with van der Waals surface area (Å²) in [6.45, 7) is 3.14. The second-order valence-corrected chi connectivity index (χ2v) is 4.70. The van der Waals surface area contributed by atoms with E-state index in [1.165, 1.54) is 5.56 Å². The zero-order valence-corrected chi connectivity index (χ0v) is 10.6. The lowest BCUT2D eigenvalue weighted by molar-refractivity contribution is -0.0618. The number of hydrogen-bond donors (Lipinski definition) is 0. The molecule has 2 heterocycles. The maximum atomic E-state index is 5.83. The van der Waals surface area contributed by atoms with Crippen LogP contribution in [0.3, 0.4) is 0 Å². The van der Waals surface area contributed by atoms with E-state index in [1.807, 2.05) is 12.1 Å². The highest BCUT2D eigenvalue weighted by atomic mass is 16.7. The van der Waals surface area contributed by atoms with Gasteiger partial charge in [0.25, 0.3) is 0 Å². The van der Waals surface area contributed by atoms with Crippen molar-refractivity contribution in [2.75, 3.05) is 13.4 Å². The molecular formula is C14H18O4. The average molecular weight is 250 g/mol. The third-order valence-electron chi connectivity index (χ3n) is 3.24. The molecular weight excluding hydrogens is 232 g/mol. The van der Waals surface area contributed by atoms with Gasteiger partial charge in [0.15, 0.2) is 17.8 Å². The highest BCUT2D eigenvalue weighted by Crippen LogP contribution is 2.33. The van der Waals surface area contributed by atoms with Crippen molar-refractivity contribution in [2.45, 2.75) is 38.6 Å². The molecule has 2 aliphatic heterocycles. The Morgan fingerprint density at radius 2 is 2.11 bits per heavy atom. The van der Waals surface area contributed by atoms with Crippen LogP contribution in [0.4, 0.5) is 0 Å². The summed E-state index contributed by atoms with van der Waals surface area (Å²) in [6, 6.07) is 6.04. The summed E-state index contributed by atoms with van der Waals surface area (Å²) in [6.07, 6.45) is 3.05. The van der Waals surface area contributed by atoms with E-state index >= 15 is 0 Å². The zero-order chi connectivity index (χ0) is 12.4. The van der Waals surface area contributed by atoms with Gasteiger partial charge in [-0.05, 0) is 24.1 Å². The van der Waals surface area contributed by atoms with E-state index in [0.717, 1.165) is 30.8 Å². The lowest BCUT2D eigenvalue weighted by Gasteiger charge is -2.10. The molecule has 2 atom stereocenters. The van der Waals surface area contributed by atoms with Crippen LogP contribution in [0.2, 0.25) is 0 Å². The van der Waals surface area contributed by atoms with Gasteiger partial charge in [-0.1, -0.05) is 19.4 Å². The third-order valence-corrected chi connectivity index (χ3v) is 3.24. The van der Waals surface area contributed by atoms with E-state index < -0.39 is 0 Å². The minimum absolute atomic E-state index is 0.0194. The Morgan fingerprint density at radius 1 is 1.22 bits per heavy atom. The van der Waals surface area contributed by atoms with Crippen molar-refractivity contribution in [3.05, 3.63) is 23.8 Å². The molecule has 2 aliphatic rings. The van der Waals surface area contributed by atoms with Crippen molar-refractivity contribution in [3.8, 4) is 11.5 Å². The van der Waals surface area contributed by atoms with Gasteiger partial charge in [-0.15, -0.1) is 0 Å². The molecule has 0 aliphatic carbocycles. The van der Waals surface area contributed by atoms with Crippen LogP contribution in [0.5, 0.6) is 11.5 Å². The maximum absolute atomic E-state index is 5.83. The van der Waals surface area contributed by atoms with Gasteiger partial charge in [-0.25, -0.2) is 0 Å². The van der Waals surface area contributed by atoms with Crippen LogP contribution < -0.4 is 9.47 Å². The van der Waals surface area contributed by atoms with Crippen molar-refractivity contribution in [3.63, 3.8) is 0 Å². The predicted octanol–water partition coefficient (Wildman–Crippen LogP) is 2.50. The Labute approximate surface area is 107 Å². The fraction of sp³-hybridized carbons (Fsp3) is 0.571. The van der Waals surface area contributed by atoms with Crippen molar-refractivity contribution in [1.82, 2.24) is 0 Å². The lowest BCUT2D eigenvalue weighted by Crippen LogP contribution is -2.15. The first-order valence-corrected chi connectivity index (χ1v) is 6.50. The molecule has 0 bridgehead atoms. The number of fused-ring (bicyclic) bond motifs is 1. The Bertz CT molecular complexity index is 418. The molecule has 0 aromatic heterocycles. The Kier molecular flexibility index (Phi) is 3.39. The molecule has 18 heavy (non-hydrogen) atoms. The van der Waals surface area contributed by atoms with E-state index in [4.69, 9.17) is 18.9 Å². The standard InChI is InChI=1S/C14H18O4/c1-2-3-14-15-8-11(18-14)6-10-4-5-12-13(7-10)17-9-16-12/h4-5,7,11,14H,2-3,6,8-9H2,1H3. The zero-order valence-electron chi connectivity index (χ0n) is 10.6. The van der Waals surface area contributed by atoms with E-state index in [9.17, 15) is 0 Å². The molecule has 1 fully saturated rings. The van der Waals surface area contributed by atoms with Crippen LogP contribution in [0.1, 0.15) is 25.3 Å². The van der Waals surface area contributed by atoms with E-state index in [0.29, 0.717) is 13.4 Å². The van der Waals surface area contributed by atoms with Crippen molar-refractivity contribution in [2.24, 2.45) is 0 Å². The summed E-state index contributed by atoms with van der Waals surface area (Å²) >= 11 is 0. The van der Waals surface area contributed by atoms with Gasteiger partial charge >= 0.3 is 0 Å². The molecule has 2 unspecified atom stereocenters. The van der Waals surface area contributed by atoms with Gasteiger partial charge in [0.1, 0.15) is 0 Å². The second kappa shape index (κ2) is 5.16. The first-order valence-electron chi connectivity index (χ1n) is 6.50. The van der Waals surface area contributed by atoms with Crippen LogP contribution in [-0.4, -0.2) is 25.8 Å². The molecule has 3 rings (SSSR count). The average Bonchev–Trinajstić information content (AvgIpc) is 2.98. The van der Waals surface area contributed by atoms with E-state index in [2.05, 4.69) is 13.0 Å². The van der Waals surface area contributed by atoms with Gasteiger partial charge in [-0.3, -0.25) is 0 Å². The Morgan fingerprint density at radius 3 is 3.00 bits per heavy atom. The van der Waals surface area contributed by atoms with Crippen LogP contribution >= 0.6 is 0 Å². The van der Waals surface area contributed by atoms with Crippen molar-refractivity contribution < 1.29 is 18.9 Å². The molecule has 1 aromatic carbocycles. The maximum Gasteiger partial charge on any atom is 0.231 e. The minimum atomic E-state index is -0.0194. The highest BCUT2D eigenvalue weighted by Gasteiger charge is 2.25. The third kappa shape index (κ3) is 2.44.